The summed E-state index contributed by atoms with van der Waals surface area (Å²) in [5.74, 6) is 0. The summed E-state index contributed by atoms with van der Waals surface area (Å²) in [6.07, 6.45) is 1.66. The molecule has 0 aromatic heterocycles. The third-order valence-electron chi connectivity index (χ3n) is 1.84. The lowest BCUT2D eigenvalue weighted by molar-refractivity contribution is 0.427. The maximum Gasteiger partial charge on any atom is 0.488 e. The van der Waals surface area contributed by atoms with E-state index >= 15 is 0 Å². The number of hydrogen-bond acceptors (Lipinski definition) is 2. The first-order valence-electron chi connectivity index (χ1n) is 3.93. The molecular weight excluding hydrogens is 163 g/mol. The average Bonchev–Trinajstić information content (AvgIpc) is 2.16. The second kappa shape index (κ2) is 4.07. The topological polar surface area (TPSA) is 40.5 Å². The number of rotatable bonds is 3. The molecule has 1 aromatic rings. The van der Waals surface area contributed by atoms with Gasteiger partial charge < -0.3 is 10.0 Å². The Morgan fingerprint density at radius 1 is 1.31 bits per heavy atom. The first-order chi connectivity index (χ1) is 6.16. The van der Waals surface area contributed by atoms with Gasteiger partial charge in [-0.3, -0.25) is 0 Å². The minimum atomic E-state index is -1.51. The Labute approximate surface area is 78.0 Å². The molecule has 0 saturated heterocycles. The molecule has 0 unspecified atom stereocenters. The van der Waals surface area contributed by atoms with E-state index in [1.807, 2.05) is 18.2 Å². The van der Waals surface area contributed by atoms with Crippen LogP contribution < -0.4 is 0 Å². The van der Waals surface area contributed by atoms with Crippen molar-refractivity contribution in [3.63, 3.8) is 0 Å². The van der Waals surface area contributed by atoms with E-state index < -0.39 is 7.12 Å². The van der Waals surface area contributed by atoms with Crippen molar-refractivity contribution >= 4 is 18.7 Å². The van der Waals surface area contributed by atoms with Crippen molar-refractivity contribution in [2.75, 3.05) is 0 Å². The monoisotopic (exact) mass is 174 g/mol. The molecule has 2 N–H and O–H groups in total. The van der Waals surface area contributed by atoms with Crippen LogP contribution in [0.2, 0.25) is 0 Å². The van der Waals surface area contributed by atoms with Gasteiger partial charge in [-0.2, -0.15) is 0 Å². The van der Waals surface area contributed by atoms with E-state index in [9.17, 15) is 0 Å². The van der Waals surface area contributed by atoms with E-state index in [4.69, 9.17) is 10.0 Å². The molecule has 0 saturated carbocycles. The molecule has 0 bridgehead atoms. The van der Waals surface area contributed by atoms with E-state index in [0.717, 1.165) is 5.56 Å². The van der Waals surface area contributed by atoms with Crippen LogP contribution in [-0.4, -0.2) is 17.2 Å². The van der Waals surface area contributed by atoms with Gasteiger partial charge in [-0.1, -0.05) is 43.5 Å². The largest absolute Gasteiger partial charge is 0.488 e. The lowest BCUT2D eigenvalue weighted by Gasteiger charge is -2.07. The quantitative estimate of drug-likeness (QED) is 0.679. The van der Waals surface area contributed by atoms with Crippen molar-refractivity contribution in [1.29, 1.82) is 0 Å². The van der Waals surface area contributed by atoms with E-state index in [-0.39, 0.29) is 5.47 Å². The molecule has 0 spiro atoms. The fourth-order valence-corrected chi connectivity index (χ4v) is 1.11. The summed E-state index contributed by atoms with van der Waals surface area (Å²) in [6.45, 7) is 7.21. The Bertz CT molecular complexity index is 331. The lowest BCUT2D eigenvalue weighted by atomic mass is 9.75. The standard InChI is InChI=1S/C10H11BO2/c1-3-9-6-4-5-7-10(9)8(2)11(12)13/h3-7,12-13H,1-2H2. The van der Waals surface area contributed by atoms with Gasteiger partial charge in [-0.15, -0.1) is 0 Å². The Morgan fingerprint density at radius 2 is 1.92 bits per heavy atom. The molecule has 1 rings (SSSR count). The molecule has 66 valence electrons. The van der Waals surface area contributed by atoms with E-state index in [1.54, 1.807) is 12.1 Å². The number of benzene rings is 1. The van der Waals surface area contributed by atoms with Crippen LogP contribution in [0.1, 0.15) is 11.1 Å². The smallest absolute Gasteiger partial charge is 0.423 e. The fraction of sp³-hybridized carbons (Fsp3) is 0. The highest BCUT2D eigenvalue weighted by atomic mass is 16.4. The Morgan fingerprint density at radius 3 is 2.46 bits per heavy atom. The predicted molar refractivity (Wildman–Crippen MR) is 55.8 cm³/mol. The molecule has 0 heterocycles. The zero-order valence-corrected chi connectivity index (χ0v) is 7.27. The van der Waals surface area contributed by atoms with Crippen molar-refractivity contribution in [2.24, 2.45) is 0 Å². The first-order valence-corrected chi connectivity index (χ1v) is 3.93. The zero-order valence-electron chi connectivity index (χ0n) is 7.27. The summed E-state index contributed by atoms with van der Waals surface area (Å²) in [5, 5.41) is 17.8. The molecule has 0 fully saturated rings. The van der Waals surface area contributed by atoms with Gasteiger partial charge in [-0.05, 0) is 16.6 Å². The highest BCUT2D eigenvalue weighted by Gasteiger charge is 2.15. The summed E-state index contributed by atoms with van der Waals surface area (Å²) < 4.78 is 0. The first kappa shape index (κ1) is 9.77. The summed E-state index contributed by atoms with van der Waals surface area (Å²) in [6, 6.07) is 7.29. The SMILES string of the molecule is C=Cc1ccccc1C(=C)B(O)O. The van der Waals surface area contributed by atoms with Gasteiger partial charge in [0, 0.05) is 0 Å². The van der Waals surface area contributed by atoms with Gasteiger partial charge in [0.2, 0.25) is 0 Å². The molecule has 0 radical (unpaired) electrons. The van der Waals surface area contributed by atoms with Gasteiger partial charge >= 0.3 is 7.12 Å². The van der Waals surface area contributed by atoms with Gasteiger partial charge in [0.05, 0.1) is 0 Å². The molecule has 1 aromatic carbocycles. The average molecular weight is 174 g/mol. The molecule has 3 heteroatoms. The van der Waals surface area contributed by atoms with Crippen LogP contribution in [0, 0.1) is 0 Å². The highest BCUT2D eigenvalue weighted by molar-refractivity contribution is 6.65. The van der Waals surface area contributed by atoms with Crippen LogP contribution in [0.25, 0.3) is 11.5 Å². The van der Waals surface area contributed by atoms with Crippen LogP contribution in [0.15, 0.2) is 37.4 Å². The van der Waals surface area contributed by atoms with E-state index in [2.05, 4.69) is 13.2 Å². The Balaban J connectivity index is 3.13. The Hall–Kier alpha value is -1.32. The normalized spacial score (nSPS) is 9.38. The zero-order chi connectivity index (χ0) is 9.84. The van der Waals surface area contributed by atoms with E-state index in [0.29, 0.717) is 5.56 Å². The summed E-state index contributed by atoms with van der Waals surface area (Å²) >= 11 is 0. The molecular formula is C10H11BO2. The van der Waals surface area contributed by atoms with Gasteiger partial charge in [0.15, 0.2) is 0 Å². The van der Waals surface area contributed by atoms with Crippen LogP contribution in [0.5, 0.6) is 0 Å². The second-order valence-corrected chi connectivity index (χ2v) is 2.69. The summed E-state index contributed by atoms with van der Waals surface area (Å²) in [5.41, 5.74) is 1.85. The lowest BCUT2D eigenvalue weighted by Crippen LogP contribution is -2.13. The van der Waals surface area contributed by atoms with Crippen LogP contribution in [0.3, 0.4) is 0 Å². The summed E-state index contributed by atoms with van der Waals surface area (Å²) in [7, 11) is -1.51. The van der Waals surface area contributed by atoms with Crippen molar-refractivity contribution in [3.05, 3.63) is 48.6 Å². The van der Waals surface area contributed by atoms with Crippen molar-refractivity contribution in [2.45, 2.75) is 0 Å². The Kier molecular flexibility index (Phi) is 3.06. The minimum Gasteiger partial charge on any atom is -0.423 e. The maximum absolute atomic E-state index is 8.92. The van der Waals surface area contributed by atoms with E-state index in [1.165, 1.54) is 0 Å². The van der Waals surface area contributed by atoms with Crippen LogP contribution in [0.4, 0.5) is 0 Å². The van der Waals surface area contributed by atoms with Crippen LogP contribution in [-0.2, 0) is 0 Å². The molecule has 0 aliphatic rings. The van der Waals surface area contributed by atoms with Gasteiger partial charge in [0.1, 0.15) is 0 Å². The van der Waals surface area contributed by atoms with Crippen molar-refractivity contribution in [3.8, 4) is 0 Å². The maximum atomic E-state index is 8.92. The molecule has 0 aliphatic carbocycles. The number of hydrogen-bond donors (Lipinski definition) is 2. The molecule has 0 amide bonds. The van der Waals surface area contributed by atoms with Gasteiger partial charge in [-0.25, -0.2) is 0 Å². The van der Waals surface area contributed by atoms with Crippen molar-refractivity contribution < 1.29 is 10.0 Å². The third kappa shape index (κ3) is 2.08. The molecule has 13 heavy (non-hydrogen) atoms. The second-order valence-electron chi connectivity index (χ2n) is 2.69. The minimum absolute atomic E-state index is 0.288. The molecule has 2 nitrogen and oxygen atoms in total. The van der Waals surface area contributed by atoms with Crippen molar-refractivity contribution in [1.82, 2.24) is 0 Å². The fourth-order valence-electron chi connectivity index (χ4n) is 1.11. The highest BCUT2D eigenvalue weighted by Crippen LogP contribution is 2.18. The predicted octanol–water partition coefficient (Wildman–Crippen LogP) is 1.35. The molecule has 0 aliphatic heterocycles. The molecule has 0 atom stereocenters. The summed E-state index contributed by atoms with van der Waals surface area (Å²) in [4.78, 5) is 0. The van der Waals surface area contributed by atoms with Gasteiger partial charge in [0.25, 0.3) is 0 Å². The third-order valence-corrected chi connectivity index (χ3v) is 1.84. The van der Waals surface area contributed by atoms with Crippen LogP contribution >= 0.6 is 0 Å².